The van der Waals surface area contributed by atoms with Crippen molar-refractivity contribution in [3.63, 3.8) is 0 Å². The molecule has 0 spiro atoms. The minimum atomic E-state index is 0.287. The molecule has 1 unspecified atom stereocenters. The van der Waals surface area contributed by atoms with Crippen molar-refractivity contribution in [2.75, 3.05) is 6.54 Å². The number of furan rings is 1. The van der Waals surface area contributed by atoms with Crippen LogP contribution in [0, 0.1) is 0 Å². The van der Waals surface area contributed by atoms with Crippen molar-refractivity contribution >= 4 is 0 Å². The Balaban J connectivity index is 2.17. The van der Waals surface area contributed by atoms with Crippen molar-refractivity contribution < 1.29 is 4.42 Å². The fourth-order valence-corrected chi connectivity index (χ4v) is 2.29. The van der Waals surface area contributed by atoms with Crippen LogP contribution in [0.25, 0.3) is 0 Å². The molecule has 2 aromatic rings. The van der Waals surface area contributed by atoms with E-state index in [0.29, 0.717) is 0 Å². The number of aryl methyl sites for hydroxylation is 2. The van der Waals surface area contributed by atoms with E-state index in [-0.39, 0.29) is 6.04 Å². The zero-order valence-corrected chi connectivity index (χ0v) is 12.0. The number of nitrogens with one attached hydrogen (secondary N) is 1. The fourth-order valence-electron chi connectivity index (χ4n) is 2.29. The lowest BCUT2D eigenvalue weighted by molar-refractivity contribution is 0.489. The van der Waals surface area contributed by atoms with Gasteiger partial charge in [0.2, 0.25) is 0 Å². The molecule has 4 heteroatoms. The predicted molar refractivity (Wildman–Crippen MR) is 76.0 cm³/mol. The smallest absolute Gasteiger partial charge is 0.0935 e. The van der Waals surface area contributed by atoms with Crippen LogP contribution in [-0.4, -0.2) is 16.3 Å². The first-order valence-electron chi connectivity index (χ1n) is 7.01. The van der Waals surface area contributed by atoms with Crippen molar-refractivity contribution in [3.05, 3.63) is 41.6 Å². The topological polar surface area (TPSA) is 43.0 Å². The summed E-state index contributed by atoms with van der Waals surface area (Å²) in [6, 6.07) is 4.51. The Bertz CT molecular complexity index is 487. The van der Waals surface area contributed by atoms with E-state index >= 15 is 0 Å². The standard InChI is InChI=1S/C15H23N3O/c1-4-7-16-14(9-12-6-8-19-11-12)15-10-13(5-2)17-18(15)3/h6,8,10-11,14,16H,4-5,7,9H2,1-3H3. The molecule has 4 nitrogen and oxygen atoms in total. The number of hydrogen-bond donors (Lipinski definition) is 1. The zero-order valence-electron chi connectivity index (χ0n) is 12.0. The van der Waals surface area contributed by atoms with Gasteiger partial charge < -0.3 is 9.73 Å². The van der Waals surface area contributed by atoms with Crippen molar-refractivity contribution in [2.24, 2.45) is 7.05 Å². The highest BCUT2D eigenvalue weighted by molar-refractivity contribution is 5.18. The van der Waals surface area contributed by atoms with Gasteiger partial charge in [0.15, 0.2) is 0 Å². The van der Waals surface area contributed by atoms with Gasteiger partial charge in [-0.25, -0.2) is 0 Å². The number of rotatable bonds is 7. The second-order valence-electron chi connectivity index (χ2n) is 4.88. The average molecular weight is 261 g/mol. The molecule has 104 valence electrons. The first-order chi connectivity index (χ1) is 9.24. The first-order valence-corrected chi connectivity index (χ1v) is 7.01. The third-order valence-electron chi connectivity index (χ3n) is 3.35. The van der Waals surface area contributed by atoms with Gasteiger partial charge in [-0.3, -0.25) is 4.68 Å². The monoisotopic (exact) mass is 261 g/mol. The van der Waals surface area contributed by atoms with E-state index in [1.165, 1.54) is 11.3 Å². The first kappa shape index (κ1) is 13.9. The Morgan fingerprint density at radius 2 is 2.26 bits per heavy atom. The summed E-state index contributed by atoms with van der Waals surface area (Å²) in [6.45, 7) is 5.33. The molecule has 0 aromatic carbocycles. The molecule has 2 aromatic heterocycles. The molecule has 19 heavy (non-hydrogen) atoms. The second kappa shape index (κ2) is 6.57. The summed E-state index contributed by atoms with van der Waals surface area (Å²) in [6.07, 6.45) is 6.57. The van der Waals surface area contributed by atoms with E-state index in [4.69, 9.17) is 4.42 Å². The molecule has 0 saturated heterocycles. The van der Waals surface area contributed by atoms with Crippen LogP contribution >= 0.6 is 0 Å². The SMILES string of the molecule is CCCNC(Cc1ccoc1)c1cc(CC)nn1C. The lowest BCUT2D eigenvalue weighted by atomic mass is 10.0. The zero-order chi connectivity index (χ0) is 13.7. The molecule has 2 heterocycles. The Morgan fingerprint density at radius 3 is 2.84 bits per heavy atom. The Kier molecular flexibility index (Phi) is 4.80. The molecule has 0 saturated carbocycles. The number of hydrogen-bond acceptors (Lipinski definition) is 3. The van der Waals surface area contributed by atoms with Crippen LogP contribution in [0.15, 0.2) is 29.1 Å². The molecule has 0 radical (unpaired) electrons. The fraction of sp³-hybridized carbons (Fsp3) is 0.533. The minimum absolute atomic E-state index is 0.287. The molecule has 1 atom stereocenters. The van der Waals surface area contributed by atoms with Gasteiger partial charge in [0.25, 0.3) is 0 Å². The van der Waals surface area contributed by atoms with Gasteiger partial charge >= 0.3 is 0 Å². The van der Waals surface area contributed by atoms with E-state index in [2.05, 4.69) is 30.3 Å². The molecule has 0 bridgehead atoms. The van der Waals surface area contributed by atoms with Gasteiger partial charge in [-0.2, -0.15) is 5.10 Å². The van der Waals surface area contributed by atoms with E-state index in [0.717, 1.165) is 31.5 Å². The normalized spacial score (nSPS) is 12.8. The average Bonchev–Trinajstić information content (AvgIpc) is 3.03. The predicted octanol–water partition coefficient (Wildman–Crippen LogP) is 2.86. The van der Waals surface area contributed by atoms with Crippen LogP contribution < -0.4 is 5.32 Å². The van der Waals surface area contributed by atoms with Crippen LogP contribution in [-0.2, 0) is 19.9 Å². The lowest BCUT2D eigenvalue weighted by Crippen LogP contribution is -2.26. The third-order valence-corrected chi connectivity index (χ3v) is 3.35. The van der Waals surface area contributed by atoms with Gasteiger partial charge in [-0.15, -0.1) is 0 Å². The summed E-state index contributed by atoms with van der Waals surface area (Å²) >= 11 is 0. The molecule has 0 aliphatic rings. The van der Waals surface area contributed by atoms with E-state index < -0.39 is 0 Å². The molecule has 0 aliphatic heterocycles. The summed E-state index contributed by atoms with van der Waals surface area (Å²) in [7, 11) is 2.02. The largest absolute Gasteiger partial charge is 0.472 e. The molecule has 2 rings (SSSR count). The highest BCUT2D eigenvalue weighted by Crippen LogP contribution is 2.19. The highest BCUT2D eigenvalue weighted by atomic mass is 16.3. The summed E-state index contributed by atoms with van der Waals surface area (Å²) in [5.74, 6) is 0. The van der Waals surface area contributed by atoms with Crippen LogP contribution in [0.3, 0.4) is 0 Å². The van der Waals surface area contributed by atoms with Crippen molar-refractivity contribution in [3.8, 4) is 0 Å². The van der Waals surface area contributed by atoms with Crippen LogP contribution in [0.4, 0.5) is 0 Å². The lowest BCUT2D eigenvalue weighted by Gasteiger charge is -2.18. The Morgan fingerprint density at radius 1 is 1.42 bits per heavy atom. The molecule has 1 N–H and O–H groups in total. The van der Waals surface area contributed by atoms with Gasteiger partial charge in [0.1, 0.15) is 0 Å². The summed E-state index contributed by atoms with van der Waals surface area (Å²) < 4.78 is 7.15. The molecular formula is C15H23N3O. The van der Waals surface area contributed by atoms with Gasteiger partial charge in [-0.05, 0) is 43.5 Å². The van der Waals surface area contributed by atoms with Crippen LogP contribution in [0.5, 0.6) is 0 Å². The molecular weight excluding hydrogens is 238 g/mol. The molecule has 0 fully saturated rings. The summed E-state index contributed by atoms with van der Waals surface area (Å²) in [5, 5.41) is 8.14. The van der Waals surface area contributed by atoms with Crippen LogP contribution in [0.1, 0.15) is 43.3 Å². The number of aromatic nitrogens is 2. The summed E-state index contributed by atoms with van der Waals surface area (Å²) in [4.78, 5) is 0. The maximum absolute atomic E-state index is 5.16. The third kappa shape index (κ3) is 3.47. The summed E-state index contributed by atoms with van der Waals surface area (Å²) in [5.41, 5.74) is 3.60. The molecule has 0 amide bonds. The molecule has 0 aliphatic carbocycles. The van der Waals surface area contributed by atoms with E-state index in [1.807, 2.05) is 24.1 Å². The second-order valence-corrected chi connectivity index (χ2v) is 4.88. The van der Waals surface area contributed by atoms with E-state index in [9.17, 15) is 0 Å². The van der Waals surface area contributed by atoms with Gasteiger partial charge in [-0.1, -0.05) is 13.8 Å². The number of nitrogens with zero attached hydrogens (tertiary/aromatic N) is 2. The van der Waals surface area contributed by atoms with Gasteiger partial charge in [0.05, 0.1) is 30.0 Å². The van der Waals surface area contributed by atoms with Crippen LogP contribution in [0.2, 0.25) is 0 Å². The van der Waals surface area contributed by atoms with Crippen molar-refractivity contribution in [2.45, 2.75) is 39.2 Å². The quantitative estimate of drug-likeness (QED) is 0.833. The minimum Gasteiger partial charge on any atom is -0.472 e. The van der Waals surface area contributed by atoms with E-state index in [1.54, 1.807) is 6.26 Å². The maximum Gasteiger partial charge on any atom is 0.0935 e. The van der Waals surface area contributed by atoms with Gasteiger partial charge in [0, 0.05) is 7.05 Å². The highest BCUT2D eigenvalue weighted by Gasteiger charge is 2.17. The van der Waals surface area contributed by atoms with Crippen molar-refractivity contribution in [1.82, 2.24) is 15.1 Å². The Hall–Kier alpha value is -1.55. The maximum atomic E-state index is 5.16. The van der Waals surface area contributed by atoms with Crippen molar-refractivity contribution in [1.29, 1.82) is 0 Å². The Labute approximate surface area is 114 Å².